The van der Waals surface area contributed by atoms with Crippen LogP contribution in [0.1, 0.15) is 0 Å². The second-order valence-corrected chi connectivity index (χ2v) is 10.1. The van der Waals surface area contributed by atoms with Gasteiger partial charge in [0.1, 0.15) is 11.5 Å². The van der Waals surface area contributed by atoms with Gasteiger partial charge < -0.3 is 4.42 Å². The van der Waals surface area contributed by atoms with Gasteiger partial charge in [-0.3, -0.25) is 0 Å². The molecule has 2 aromatic heterocycles. The number of thiophene rings is 1. The summed E-state index contributed by atoms with van der Waals surface area (Å²) < 4.78 is 7.59. The molecule has 5 aromatic carbocycles. The van der Waals surface area contributed by atoms with Crippen LogP contribution in [0.5, 0.6) is 0 Å². The molecule has 0 spiro atoms. The number of benzene rings is 5. The van der Waals surface area contributed by atoms with Crippen molar-refractivity contribution in [2.45, 2.75) is 0 Å². The SMILES string of the molecule is c1ccc2sc(-c3ccc(-c4ccc(-c5ccc(-c6cccc7ccccc67)cc5)o4)cc3)cc2c1. The predicted molar refractivity (Wildman–Crippen MR) is 153 cm³/mol. The summed E-state index contributed by atoms with van der Waals surface area (Å²) in [6.45, 7) is 0. The zero-order valence-corrected chi connectivity index (χ0v) is 20.3. The minimum Gasteiger partial charge on any atom is -0.456 e. The first kappa shape index (κ1) is 20.9. The summed E-state index contributed by atoms with van der Waals surface area (Å²) in [5.74, 6) is 1.76. The van der Waals surface area contributed by atoms with Gasteiger partial charge in [-0.05, 0) is 57.1 Å². The maximum Gasteiger partial charge on any atom is 0.134 e. The van der Waals surface area contributed by atoms with Crippen molar-refractivity contribution >= 4 is 32.2 Å². The van der Waals surface area contributed by atoms with Gasteiger partial charge in [0.15, 0.2) is 0 Å². The lowest BCUT2D eigenvalue weighted by atomic mass is 9.97. The van der Waals surface area contributed by atoms with Crippen molar-refractivity contribution in [2.24, 2.45) is 0 Å². The monoisotopic (exact) mass is 478 g/mol. The van der Waals surface area contributed by atoms with Crippen LogP contribution < -0.4 is 0 Å². The summed E-state index contributed by atoms with van der Waals surface area (Å²) in [5.41, 5.74) is 5.85. The van der Waals surface area contributed by atoms with E-state index in [1.165, 1.54) is 42.4 Å². The molecule has 2 heteroatoms. The second kappa shape index (κ2) is 8.67. The van der Waals surface area contributed by atoms with E-state index in [1.54, 1.807) is 0 Å². The fourth-order valence-electron chi connectivity index (χ4n) is 4.86. The van der Waals surface area contributed by atoms with Gasteiger partial charge in [0, 0.05) is 20.7 Å². The summed E-state index contributed by atoms with van der Waals surface area (Å²) >= 11 is 1.83. The van der Waals surface area contributed by atoms with Crippen LogP contribution in [-0.4, -0.2) is 0 Å². The van der Waals surface area contributed by atoms with Crippen molar-refractivity contribution in [1.29, 1.82) is 0 Å². The highest BCUT2D eigenvalue weighted by Crippen LogP contribution is 2.36. The van der Waals surface area contributed by atoms with Gasteiger partial charge >= 0.3 is 0 Å². The Labute approximate surface area is 213 Å². The van der Waals surface area contributed by atoms with E-state index in [0.717, 1.165) is 22.6 Å². The fraction of sp³-hybridized carbons (Fsp3) is 0. The molecule has 0 N–H and O–H groups in total. The van der Waals surface area contributed by atoms with Crippen LogP contribution in [0.3, 0.4) is 0 Å². The molecular weight excluding hydrogens is 456 g/mol. The lowest BCUT2D eigenvalue weighted by molar-refractivity contribution is 0.597. The molecule has 0 saturated carbocycles. The molecule has 0 atom stereocenters. The Morgan fingerprint density at radius 1 is 0.444 bits per heavy atom. The van der Waals surface area contributed by atoms with Gasteiger partial charge in [0.25, 0.3) is 0 Å². The van der Waals surface area contributed by atoms with Crippen LogP contribution in [0.2, 0.25) is 0 Å². The van der Waals surface area contributed by atoms with Gasteiger partial charge in [-0.25, -0.2) is 0 Å². The third-order valence-electron chi connectivity index (χ3n) is 6.76. The lowest BCUT2D eigenvalue weighted by Gasteiger charge is -2.07. The van der Waals surface area contributed by atoms with Crippen LogP contribution in [-0.2, 0) is 0 Å². The van der Waals surface area contributed by atoms with E-state index in [4.69, 9.17) is 4.42 Å². The topological polar surface area (TPSA) is 13.1 Å². The zero-order chi connectivity index (χ0) is 23.9. The molecule has 0 aliphatic heterocycles. The first-order chi connectivity index (χ1) is 17.8. The molecule has 1 nitrogen and oxygen atoms in total. The summed E-state index contributed by atoms with van der Waals surface area (Å²) in [7, 11) is 0. The van der Waals surface area contributed by atoms with Crippen LogP contribution in [0.4, 0.5) is 0 Å². The van der Waals surface area contributed by atoms with Crippen LogP contribution in [0.15, 0.2) is 138 Å². The zero-order valence-electron chi connectivity index (χ0n) is 19.5. The van der Waals surface area contributed by atoms with Crippen molar-refractivity contribution in [3.05, 3.63) is 133 Å². The molecule has 7 rings (SSSR count). The van der Waals surface area contributed by atoms with Gasteiger partial charge in [0.05, 0.1) is 0 Å². The normalized spacial score (nSPS) is 11.3. The first-order valence-electron chi connectivity index (χ1n) is 12.1. The molecule has 36 heavy (non-hydrogen) atoms. The highest BCUT2D eigenvalue weighted by molar-refractivity contribution is 7.22. The maximum absolute atomic E-state index is 6.27. The number of furan rings is 1. The van der Waals surface area contributed by atoms with E-state index >= 15 is 0 Å². The molecule has 0 bridgehead atoms. The molecule has 0 amide bonds. The third-order valence-corrected chi connectivity index (χ3v) is 7.92. The molecule has 0 unspecified atom stereocenters. The fourth-order valence-corrected chi connectivity index (χ4v) is 5.93. The summed E-state index contributed by atoms with van der Waals surface area (Å²) in [6.07, 6.45) is 0. The Balaban J connectivity index is 1.15. The van der Waals surface area contributed by atoms with Crippen LogP contribution in [0, 0.1) is 0 Å². The van der Waals surface area contributed by atoms with Crippen molar-refractivity contribution in [3.63, 3.8) is 0 Å². The van der Waals surface area contributed by atoms with Gasteiger partial charge in [-0.1, -0.05) is 109 Å². The van der Waals surface area contributed by atoms with Crippen molar-refractivity contribution in [3.8, 4) is 44.2 Å². The van der Waals surface area contributed by atoms with E-state index in [2.05, 4.69) is 133 Å². The quantitative estimate of drug-likeness (QED) is 0.245. The van der Waals surface area contributed by atoms with Crippen LogP contribution in [0.25, 0.3) is 65.1 Å². The minimum absolute atomic E-state index is 0.878. The molecule has 0 radical (unpaired) electrons. The third kappa shape index (κ3) is 3.73. The molecular formula is C34H22OS. The average Bonchev–Trinajstić information content (AvgIpc) is 3.61. The number of rotatable bonds is 4. The summed E-state index contributed by atoms with van der Waals surface area (Å²) in [5, 5.41) is 3.82. The smallest absolute Gasteiger partial charge is 0.134 e. The van der Waals surface area contributed by atoms with E-state index in [0.29, 0.717) is 0 Å². The Hall–Kier alpha value is -4.40. The molecule has 0 aliphatic rings. The van der Waals surface area contributed by atoms with E-state index in [1.807, 2.05) is 11.3 Å². The van der Waals surface area contributed by atoms with Gasteiger partial charge in [-0.15, -0.1) is 11.3 Å². The number of hydrogen-bond acceptors (Lipinski definition) is 2. The molecule has 0 fully saturated rings. The second-order valence-electron chi connectivity index (χ2n) is 8.99. The van der Waals surface area contributed by atoms with Crippen molar-refractivity contribution < 1.29 is 4.42 Å². The van der Waals surface area contributed by atoms with E-state index in [-0.39, 0.29) is 0 Å². The van der Waals surface area contributed by atoms with Crippen molar-refractivity contribution in [2.75, 3.05) is 0 Å². The molecule has 2 heterocycles. The highest BCUT2D eigenvalue weighted by Gasteiger charge is 2.10. The largest absolute Gasteiger partial charge is 0.456 e. The van der Waals surface area contributed by atoms with Crippen LogP contribution >= 0.6 is 11.3 Å². The van der Waals surface area contributed by atoms with Crippen molar-refractivity contribution in [1.82, 2.24) is 0 Å². The summed E-state index contributed by atoms with van der Waals surface area (Å²) in [4.78, 5) is 1.29. The van der Waals surface area contributed by atoms with E-state index < -0.39 is 0 Å². The first-order valence-corrected chi connectivity index (χ1v) is 12.9. The summed E-state index contributed by atoms with van der Waals surface area (Å²) in [6, 6.07) is 47.2. The van der Waals surface area contributed by atoms with E-state index in [9.17, 15) is 0 Å². The Kier molecular flexibility index (Phi) is 5.04. The number of hydrogen-bond donors (Lipinski definition) is 0. The standard InChI is InChI=1S/C34H22OS/c1-3-9-29-23(6-1)8-5-10-30(29)24-12-14-25(15-13-24)31-20-21-32(35-31)26-16-18-27(19-17-26)34-22-28-7-2-4-11-33(28)36-34/h1-22H. The molecule has 170 valence electrons. The number of fused-ring (bicyclic) bond motifs is 2. The minimum atomic E-state index is 0.878. The van der Waals surface area contributed by atoms with Gasteiger partial charge in [-0.2, -0.15) is 0 Å². The predicted octanol–water partition coefficient (Wildman–Crippen LogP) is 10.3. The molecule has 7 aromatic rings. The van der Waals surface area contributed by atoms with Gasteiger partial charge in [0.2, 0.25) is 0 Å². The maximum atomic E-state index is 6.27. The molecule has 0 aliphatic carbocycles. The highest BCUT2D eigenvalue weighted by atomic mass is 32.1. The Morgan fingerprint density at radius 3 is 1.75 bits per heavy atom. The Morgan fingerprint density at radius 2 is 1.03 bits per heavy atom. The lowest BCUT2D eigenvalue weighted by Crippen LogP contribution is -1.82. The molecule has 0 saturated heterocycles. The Bertz CT molecular complexity index is 1780. The average molecular weight is 479 g/mol.